The highest BCUT2D eigenvalue weighted by Crippen LogP contribution is 2.62. The van der Waals surface area contributed by atoms with Gasteiger partial charge < -0.3 is 14.9 Å². The van der Waals surface area contributed by atoms with Gasteiger partial charge in [0.15, 0.2) is 23.4 Å². The third-order valence-electron chi connectivity index (χ3n) is 5.97. The van der Waals surface area contributed by atoms with Crippen LogP contribution < -0.4 is 4.74 Å². The third-order valence-corrected chi connectivity index (χ3v) is 5.97. The van der Waals surface area contributed by atoms with E-state index in [0.717, 1.165) is 24.0 Å². The monoisotopic (exact) mass is 300 g/mol. The van der Waals surface area contributed by atoms with Gasteiger partial charge in [-0.1, -0.05) is 19.9 Å². The molecule has 4 atom stereocenters. The number of carbonyl (C=O) groups is 1. The van der Waals surface area contributed by atoms with E-state index in [0.29, 0.717) is 12.2 Å². The topological polar surface area (TPSA) is 66.8 Å². The maximum absolute atomic E-state index is 12.4. The lowest BCUT2D eigenvalue weighted by Gasteiger charge is -2.54. The summed E-state index contributed by atoms with van der Waals surface area (Å²) in [5.74, 6) is 0.330. The second-order valence-electron chi connectivity index (χ2n) is 6.64. The fraction of sp³-hybridized carbons (Fsp3) is 0.500. The first-order chi connectivity index (χ1) is 10.5. The molecule has 116 valence electrons. The van der Waals surface area contributed by atoms with Crippen LogP contribution in [-0.4, -0.2) is 27.7 Å². The molecule has 2 aliphatic carbocycles. The highest BCUT2D eigenvalue weighted by atomic mass is 16.5. The molecule has 1 heterocycles. The molecule has 2 N–H and O–H groups in total. The molecule has 0 aromatic heterocycles. The van der Waals surface area contributed by atoms with E-state index in [4.69, 9.17) is 4.74 Å². The second kappa shape index (κ2) is 4.13. The number of carbonyl (C=O) groups excluding carboxylic acids is 1. The van der Waals surface area contributed by atoms with Crippen LogP contribution in [0.5, 0.6) is 11.5 Å². The molecular formula is C18H20O4. The predicted octanol–water partition coefficient (Wildman–Crippen LogP) is 2.25. The van der Waals surface area contributed by atoms with E-state index in [-0.39, 0.29) is 17.5 Å². The van der Waals surface area contributed by atoms with Gasteiger partial charge in [-0.05, 0) is 49.0 Å². The Kier molecular flexibility index (Phi) is 2.60. The molecule has 1 aromatic carbocycles. The summed E-state index contributed by atoms with van der Waals surface area (Å²) in [5, 5.41) is 21.7. The summed E-state index contributed by atoms with van der Waals surface area (Å²) in [5.41, 5.74) is 0.0177. The Bertz CT molecular complexity index is 707. The zero-order chi connectivity index (χ0) is 15.7. The quantitative estimate of drug-likeness (QED) is 0.879. The van der Waals surface area contributed by atoms with Crippen molar-refractivity contribution in [1.82, 2.24) is 0 Å². The van der Waals surface area contributed by atoms with Crippen LogP contribution in [0.4, 0.5) is 0 Å². The van der Waals surface area contributed by atoms with Gasteiger partial charge in [0.1, 0.15) is 5.60 Å². The molecule has 0 bridgehead atoms. The minimum absolute atomic E-state index is 0.0332. The van der Waals surface area contributed by atoms with Gasteiger partial charge in [-0.3, -0.25) is 4.79 Å². The molecule has 0 saturated heterocycles. The molecule has 1 unspecified atom stereocenters. The maximum Gasteiger partial charge on any atom is 0.196 e. The van der Waals surface area contributed by atoms with E-state index in [2.05, 4.69) is 6.92 Å². The van der Waals surface area contributed by atoms with E-state index in [1.54, 1.807) is 12.1 Å². The molecule has 3 aliphatic rings. The van der Waals surface area contributed by atoms with Crippen LogP contribution in [0.25, 0.3) is 0 Å². The van der Waals surface area contributed by atoms with Crippen molar-refractivity contribution < 1.29 is 19.7 Å². The average molecular weight is 300 g/mol. The lowest BCUT2D eigenvalue weighted by atomic mass is 9.51. The van der Waals surface area contributed by atoms with Crippen LogP contribution in [0.2, 0.25) is 0 Å². The number of phenolic OH excluding ortho intramolecular Hbond substituents is 1. The summed E-state index contributed by atoms with van der Waals surface area (Å²) in [6.07, 6.45) is 4.52. The Morgan fingerprint density at radius 2 is 2.14 bits per heavy atom. The van der Waals surface area contributed by atoms with Gasteiger partial charge in [0.25, 0.3) is 0 Å². The van der Waals surface area contributed by atoms with Crippen LogP contribution >= 0.6 is 0 Å². The van der Waals surface area contributed by atoms with Crippen LogP contribution in [-0.2, 0) is 16.6 Å². The van der Waals surface area contributed by atoms with Gasteiger partial charge in [-0.15, -0.1) is 0 Å². The molecule has 0 saturated carbocycles. The normalized spacial score (nSPS) is 37.9. The summed E-state index contributed by atoms with van der Waals surface area (Å²) in [6, 6.07) is 3.53. The second-order valence-corrected chi connectivity index (χ2v) is 6.64. The molecule has 4 heteroatoms. The number of phenols is 1. The number of ether oxygens (including phenoxy) is 1. The summed E-state index contributed by atoms with van der Waals surface area (Å²) in [7, 11) is 0. The number of benzene rings is 1. The number of hydrogen-bond acceptors (Lipinski definition) is 4. The van der Waals surface area contributed by atoms with Crippen molar-refractivity contribution in [2.75, 3.05) is 0 Å². The van der Waals surface area contributed by atoms with Crippen molar-refractivity contribution in [2.24, 2.45) is 5.92 Å². The average Bonchev–Trinajstić information content (AvgIpc) is 2.89. The summed E-state index contributed by atoms with van der Waals surface area (Å²) in [4.78, 5) is 12.4. The minimum Gasteiger partial charge on any atom is -0.504 e. The number of aromatic hydroxyl groups is 1. The van der Waals surface area contributed by atoms with E-state index in [1.807, 2.05) is 13.0 Å². The third kappa shape index (κ3) is 1.26. The molecule has 0 radical (unpaired) electrons. The number of rotatable bonds is 2. The first kappa shape index (κ1) is 13.8. The van der Waals surface area contributed by atoms with Gasteiger partial charge in [0, 0.05) is 5.56 Å². The summed E-state index contributed by atoms with van der Waals surface area (Å²) in [6.45, 7) is 4.04. The first-order valence-corrected chi connectivity index (χ1v) is 7.97. The Labute approximate surface area is 129 Å². The zero-order valence-electron chi connectivity index (χ0n) is 12.8. The smallest absolute Gasteiger partial charge is 0.196 e. The highest BCUT2D eigenvalue weighted by molar-refractivity contribution is 5.98. The lowest BCUT2D eigenvalue weighted by Crippen LogP contribution is -2.66. The van der Waals surface area contributed by atoms with E-state index < -0.39 is 17.1 Å². The SMILES string of the molecule is CC[C@@H]1Cc2ccc(O)c3c2[C@@]2(CC)C(O3)C(=O)C=C[C@@]12O. The molecule has 1 aliphatic heterocycles. The highest BCUT2D eigenvalue weighted by Gasteiger charge is 2.68. The first-order valence-electron chi connectivity index (χ1n) is 7.97. The van der Waals surface area contributed by atoms with Crippen molar-refractivity contribution in [3.8, 4) is 11.5 Å². The lowest BCUT2D eigenvalue weighted by molar-refractivity contribution is -0.138. The molecule has 1 aromatic rings. The van der Waals surface area contributed by atoms with Crippen molar-refractivity contribution in [3.05, 3.63) is 35.4 Å². The Morgan fingerprint density at radius 1 is 1.36 bits per heavy atom. The van der Waals surface area contributed by atoms with Crippen molar-refractivity contribution in [3.63, 3.8) is 0 Å². The molecule has 4 rings (SSSR count). The fourth-order valence-electron chi connectivity index (χ4n) is 4.92. The van der Waals surface area contributed by atoms with Crippen molar-refractivity contribution in [1.29, 1.82) is 0 Å². The molecule has 4 nitrogen and oxygen atoms in total. The number of hydrogen-bond donors (Lipinski definition) is 2. The molecule has 0 fully saturated rings. The largest absolute Gasteiger partial charge is 0.504 e. The zero-order valence-corrected chi connectivity index (χ0v) is 12.8. The molecule has 0 spiro atoms. The number of ketones is 1. The van der Waals surface area contributed by atoms with Gasteiger partial charge in [-0.25, -0.2) is 0 Å². The Hall–Kier alpha value is -1.81. The van der Waals surface area contributed by atoms with E-state index in [9.17, 15) is 15.0 Å². The van der Waals surface area contributed by atoms with Crippen LogP contribution in [0, 0.1) is 5.92 Å². The Balaban J connectivity index is 2.11. The summed E-state index contributed by atoms with van der Waals surface area (Å²) >= 11 is 0. The van der Waals surface area contributed by atoms with Crippen molar-refractivity contribution in [2.45, 2.75) is 50.2 Å². The van der Waals surface area contributed by atoms with Crippen LogP contribution in [0.3, 0.4) is 0 Å². The summed E-state index contributed by atoms with van der Waals surface area (Å²) < 4.78 is 5.89. The minimum atomic E-state index is -1.11. The van der Waals surface area contributed by atoms with Crippen LogP contribution in [0.15, 0.2) is 24.3 Å². The molecular weight excluding hydrogens is 280 g/mol. The maximum atomic E-state index is 12.4. The number of aliphatic hydroxyl groups is 1. The Morgan fingerprint density at radius 3 is 2.82 bits per heavy atom. The van der Waals surface area contributed by atoms with Gasteiger partial charge in [-0.2, -0.15) is 0 Å². The van der Waals surface area contributed by atoms with Gasteiger partial charge >= 0.3 is 0 Å². The van der Waals surface area contributed by atoms with E-state index >= 15 is 0 Å². The molecule has 22 heavy (non-hydrogen) atoms. The molecule has 0 amide bonds. The van der Waals surface area contributed by atoms with Gasteiger partial charge in [0.05, 0.1) is 5.41 Å². The van der Waals surface area contributed by atoms with Crippen molar-refractivity contribution >= 4 is 5.78 Å². The standard InChI is InChI=1S/C18H20O4/c1-3-11-9-10-5-6-12(19)15-14(10)17(4-2)16(22-15)13(20)7-8-18(11,17)21/h5-8,11,16,19,21H,3-4,9H2,1-2H3/t11-,16?,17+,18-/m1/s1. The van der Waals surface area contributed by atoms with Crippen LogP contribution in [0.1, 0.15) is 37.8 Å². The van der Waals surface area contributed by atoms with E-state index in [1.165, 1.54) is 6.08 Å². The van der Waals surface area contributed by atoms with Gasteiger partial charge in [0.2, 0.25) is 0 Å². The predicted molar refractivity (Wildman–Crippen MR) is 81.1 cm³/mol. The fourth-order valence-corrected chi connectivity index (χ4v) is 4.92.